The van der Waals surface area contributed by atoms with E-state index in [1.165, 1.54) is 0 Å². The zero-order valence-corrected chi connectivity index (χ0v) is 12.9. The summed E-state index contributed by atoms with van der Waals surface area (Å²) < 4.78 is 11.2. The fourth-order valence-electron chi connectivity index (χ4n) is 1.56. The summed E-state index contributed by atoms with van der Waals surface area (Å²) >= 11 is 0. The van der Waals surface area contributed by atoms with E-state index < -0.39 is 0 Å². The number of carbonyl (C=O) groups is 1. The van der Waals surface area contributed by atoms with Gasteiger partial charge in [0.05, 0.1) is 13.2 Å². The van der Waals surface area contributed by atoms with E-state index in [2.05, 4.69) is 19.3 Å². The van der Waals surface area contributed by atoms with Crippen LogP contribution in [-0.4, -0.2) is 38.2 Å². The van der Waals surface area contributed by atoms with Crippen LogP contribution >= 0.6 is 0 Å². The Balaban J connectivity index is 2.90. The van der Waals surface area contributed by atoms with Crippen molar-refractivity contribution >= 4 is 5.91 Å². The van der Waals surface area contributed by atoms with Crippen molar-refractivity contribution in [2.24, 2.45) is 5.92 Å². The normalized spacial score (nSPS) is 10.8. The molecule has 0 aromatic heterocycles. The summed E-state index contributed by atoms with van der Waals surface area (Å²) in [7, 11) is 3.53. The van der Waals surface area contributed by atoms with E-state index in [0.717, 1.165) is 0 Å². The van der Waals surface area contributed by atoms with E-state index in [1.807, 2.05) is 6.92 Å². The van der Waals surface area contributed by atoms with Crippen LogP contribution < -0.4 is 14.9 Å². The highest BCUT2D eigenvalue weighted by molar-refractivity contribution is 5.94. The molecule has 0 bridgehead atoms. The third-order valence-corrected chi connectivity index (χ3v) is 2.40. The molecule has 0 aliphatic carbocycles. The van der Waals surface area contributed by atoms with Gasteiger partial charge >= 0.3 is 0 Å². The van der Waals surface area contributed by atoms with Crippen LogP contribution in [0.25, 0.3) is 0 Å². The van der Waals surface area contributed by atoms with Gasteiger partial charge in [-0.1, -0.05) is 13.8 Å². The van der Waals surface area contributed by atoms with Gasteiger partial charge in [0.15, 0.2) is 11.5 Å². The minimum atomic E-state index is -0.175. The lowest BCUT2D eigenvalue weighted by Gasteiger charge is -2.16. The number of nitrogens with zero attached hydrogens (tertiary/aromatic N) is 1. The topological polar surface area (TPSA) is 50.8 Å². The Morgan fingerprint density at radius 1 is 1.25 bits per heavy atom. The highest BCUT2D eigenvalue weighted by atomic mass is 16.5. The van der Waals surface area contributed by atoms with Crippen LogP contribution in [0.3, 0.4) is 0 Å². The predicted molar refractivity (Wildman–Crippen MR) is 79.1 cm³/mol. The summed E-state index contributed by atoms with van der Waals surface area (Å²) in [4.78, 5) is 11.9. The molecule has 112 valence electrons. The summed E-state index contributed by atoms with van der Waals surface area (Å²) in [5.41, 5.74) is 3.24. The number of rotatable bonds is 7. The zero-order chi connectivity index (χ0) is 15.1. The van der Waals surface area contributed by atoms with Gasteiger partial charge in [-0.05, 0) is 31.0 Å². The van der Waals surface area contributed by atoms with Crippen LogP contribution in [-0.2, 0) is 0 Å². The van der Waals surface area contributed by atoms with E-state index in [1.54, 1.807) is 37.3 Å². The quantitative estimate of drug-likeness (QED) is 0.779. The van der Waals surface area contributed by atoms with E-state index in [0.29, 0.717) is 36.2 Å². The van der Waals surface area contributed by atoms with Crippen LogP contribution in [0.1, 0.15) is 31.1 Å². The maximum atomic E-state index is 11.9. The molecular formula is C15H24N2O3. The standard InChI is InChI=1S/C15H24N2O3/c1-6-19-14-9-12(15(18)16-17(4)5)7-8-13(14)20-10-11(2)3/h7-9,11H,6,10H2,1-5H3,(H,16,18). The largest absolute Gasteiger partial charge is 0.490 e. The Hall–Kier alpha value is -1.75. The van der Waals surface area contributed by atoms with Gasteiger partial charge in [0.25, 0.3) is 5.91 Å². The molecular weight excluding hydrogens is 256 g/mol. The molecule has 0 unspecified atom stereocenters. The molecule has 1 N–H and O–H groups in total. The van der Waals surface area contributed by atoms with E-state index >= 15 is 0 Å². The van der Waals surface area contributed by atoms with Gasteiger partial charge in [0.1, 0.15) is 0 Å². The fourth-order valence-corrected chi connectivity index (χ4v) is 1.56. The van der Waals surface area contributed by atoms with Gasteiger partial charge in [-0.15, -0.1) is 0 Å². The number of benzene rings is 1. The molecule has 0 fully saturated rings. The van der Waals surface area contributed by atoms with Gasteiger partial charge in [-0.2, -0.15) is 0 Å². The first-order valence-corrected chi connectivity index (χ1v) is 6.82. The molecule has 0 aliphatic heterocycles. The second-order valence-electron chi connectivity index (χ2n) is 5.13. The maximum absolute atomic E-state index is 11.9. The minimum Gasteiger partial charge on any atom is -0.490 e. The van der Waals surface area contributed by atoms with Crippen molar-refractivity contribution < 1.29 is 14.3 Å². The lowest BCUT2D eigenvalue weighted by molar-refractivity contribution is 0.0856. The Labute approximate surface area is 120 Å². The predicted octanol–water partition coefficient (Wildman–Crippen LogP) is 2.33. The van der Waals surface area contributed by atoms with Crippen molar-refractivity contribution in [2.75, 3.05) is 27.3 Å². The molecule has 20 heavy (non-hydrogen) atoms. The summed E-state index contributed by atoms with van der Waals surface area (Å²) in [6.45, 7) is 7.21. The van der Waals surface area contributed by atoms with Crippen LogP contribution in [0.5, 0.6) is 11.5 Å². The molecule has 1 aromatic carbocycles. The first-order chi connectivity index (χ1) is 9.43. The fraction of sp³-hybridized carbons (Fsp3) is 0.533. The molecule has 1 amide bonds. The monoisotopic (exact) mass is 280 g/mol. The second-order valence-corrected chi connectivity index (χ2v) is 5.13. The Bertz CT molecular complexity index is 445. The molecule has 0 heterocycles. The summed E-state index contributed by atoms with van der Waals surface area (Å²) in [6, 6.07) is 5.22. The zero-order valence-electron chi connectivity index (χ0n) is 12.9. The van der Waals surface area contributed by atoms with E-state index in [9.17, 15) is 4.79 Å². The van der Waals surface area contributed by atoms with E-state index in [4.69, 9.17) is 9.47 Å². The van der Waals surface area contributed by atoms with E-state index in [-0.39, 0.29) is 5.91 Å². The van der Waals surface area contributed by atoms with Crippen molar-refractivity contribution in [2.45, 2.75) is 20.8 Å². The van der Waals surface area contributed by atoms with Gasteiger partial charge in [0.2, 0.25) is 0 Å². The van der Waals surface area contributed by atoms with Crippen molar-refractivity contribution in [1.29, 1.82) is 0 Å². The minimum absolute atomic E-state index is 0.175. The number of nitrogens with one attached hydrogen (secondary N) is 1. The molecule has 0 saturated carbocycles. The van der Waals surface area contributed by atoms with Crippen LogP contribution in [0, 0.1) is 5.92 Å². The number of ether oxygens (including phenoxy) is 2. The van der Waals surface area contributed by atoms with Gasteiger partial charge in [0, 0.05) is 19.7 Å². The average Bonchev–Trinajstić information content (AvgIpc) is 2.36. The first kappa shape index (κ1) is 16.3. The molecule has 0 radical (unpaired) electrons. The van der Waals surface area contributed by atoms with Crippen molar-refractivity contribution in [3.05, 3.63) is 23.8 Å². The summed E-state index contributed by atoms with van der Waals surface area (Å²) in [5, 5.41) is 1.60. The lowest BCUT2D eigenvalue weighted by atomic mass is 10.2. The molecule has 0 atom stereocenters. The Morgan fingerprint density at radius 2 is 1.95 bits per heavy atom. The van der Waals surface area contributed by atoms with Crippen LogP contribution in [0.4, 0.5) is 0 Å². The molecule has 1 rings (SSSR count). The third-order valence-electron chi connectivity index (χ3n) is 2.40. The molecule has 0 aliphatic rings. The Kier molecular flexibility index (Phi) is 6.31. The maximum Gasteiger partial charge on any atom is 0.265 e. The molecule has 0 spiro atoms. The number of hydrogen-bond acceptors (Lipinski definition) is 4. The smallest absolute Gasteiger partial charge is 0.265 e. The lowest BCUT2D eigenvalue weighted by Crippen LogP contribution is -2.36. The van der Waals surface area contributed by atoms with Crippen LogP contribution in [0.2, 0.25) is 0 Å². The average molecular weight is 280 g/mol. The summed E-state index contributed by atoms with van der Waals surface area (Å²) in [5.74, 6) is 1.52. The number of amides is 1. The highest BCUT2D eigenvalue weighted by Crippen LogP contribution is 2.29. The Morgan fingerprint density at radius 3 is 2.50 bits per heavy atom. The number of carbonyl (C=O) groups excluding carboxylic acids is 1. The first-order valence-electron chi connectivity index (χ1n) is 6.82. The molecule has 5 nitrogen and oxygen atoms in total. The number of hydrogen-bond donors (Lipinski definition) is 1. The van der Waals surface area contributed by atoms with Crippen molar-refractivity contribution in [3.63, 3.8) is 0 Å². The SMILES string of the molecule is CCOc1cc(C(=O)NN(C)C)ccc1OCC(C)C. The highest BCUT2D eigenvalue weighted by Gasteiger charge is 2.12. The molecule has 5 heteroatoms. The molecule has 1 aromatic rings. The number of hydrazine groups is 1. The van der Waals surface area contributed by atoms with Gasteiger partial charge in [-0.3, -0.25) is 10.2 Å². The third kappa shape index (κ3) is 5.09. The summed E-state index contributed by atoms with van der Waals surface area (Å²) in [6.07, 6.45) is 0. The molecule has 0 saturated heterocycles. The van der Waals surface area contributed by atoms with Crippen molar-refractivity contribution in [3.8, 4) is 11.5 Å². The van der Waals surface area contributed by atoms with Crippen LogP contribution in [0.15, 0.2) is 18.2 Å². The van der Waals surface area contributed by atoms with Crippen molar-refractivity contribution in [1.82, 2.24) is 10.4 Å². The second kappa shape index (κ2) is 7.75. The van der Waals surface area contributed by atoms with Gasteiger partial charge < -0.3 is 9.47 Å². The van der Waals surface area contributed by atoms with Gasteiger partial charge in [-0.25, -0.2) is 5.01 Å².